The fraction of sp³-hybridized carbons (Fsp3) is 0.133. The van der Waals surface area contributed by atoms with Crippen LogP contribution in [-0.4, -0.2) is 16.8 Å². The summed E-state index contributed by atoms with van der Waals surface area (Å²) in [5.41, 5.74) is -0.567. The van der Waals surface area contributed by atoms with Crippen LogP contribution in [0.15, 0.2) is 41.7 Å². The molecule has 1 aromatic heterocycles. The Morgan fingerprint density at radius 2 is 1.88 bits per heavy atom. The van der Waals surface area contributed by atoms with Crippen molar-refractivity contribution in [2.24, 2.45) is 5.16 Å². The van der Waals surface area contributed by atoms with Gasteiger partial charge >= 0.3 is 12.3 Å². The maximum absolute atomic E-state index is 12.6. The monoisotopic (exact) mass is 391 g/mol. The maximum Gasteiger partial charge on any atom is 0.437 e. The number of nitrogens with zero attached hydrogens (tertiary/aromatic N) is 2. The third kappa shape index (κ3) is 5.33. The first kappa shape index (κ1) is 19.0. The number of pyridine rings is 1. The third-order valence-corrected chi connectivity index (χ3v) is 3.41. The highest BCUT2D eigenvalue weighted by molar-refractivity contribution is 6.33. The second-order valence-corrected chi connectivity index (χ2v) is 5.58. The number of nitrogens with one attached hydrogen (secondary N) is 1. The van der Waals surface area contributed by atoms with Crippen molar-refractivity contribution in [3.8, 4) is 0 Å². The molecule has 132 valence electrons. The van der Waals surface area contributed by atoms with Gasteiger partial charge in [-0.3, -0.25) is 15.1 Å². The van der Waals surface area contributed by atoms with E-state index < -0.39 is 17.8 Å². The number of hydrogen-bond donors (Lipinski definition) is 1. The van der Waals surface area contributed by atoms with Gasteiger partial charge in [0.2, 0.25) is 0 Å². The molecule has 1 N–H and O–H groups in total. The lowest BCUT2D eigenvalue weighted by molar-refractivity contribution is -0.137. The lowest BCUT2D eigenvalue weighted by Gasteiger charge is -2.08. The molecule has 0 radical (unpaired) electrons. The molecule has 1 heterocycles. The number of oxime groups is 1. The predicted octanol–water partition coefficient (Wildman–Crippen LogP) is 5.38. The molecule has 0 aliphatic rings. The first-order chi connectivity index (χ1) is 11.7. The van der Waals surface area contributed by atoms with Gasteiger partial charge in [0.1, 0.15) is 11.4 Å². The molecular weight excluding hydrogens is 382 g/mol. The summed E-state index contributed by atoms with van der Waals surface area (Å²) in [5, 5.41) is 6.13. The first-order valence-corrected chi connectivity index (χ1v) is 7.43. The summed E-state index contributed by atoms with van der Waals surface area (Å²) in [6.45, 7) is 1.39. The lowest BCUT2D eigenvalue weighted by Crippen LogP contribution is -2.13. The summed E-state index contributed by atoms with van der Waals surface area (Å²) in [7, 11) is 0. The zero-order valence-corrected chi connectivity index (χ0v) is 14.1. The zero-order chi connectivity index (χ0) is 18.6. The van der Waals surface area contributed by atoms with Crippen molar-refractivity contribution in [1.82, 2.24) is 4.98 Å². The Morgan fingerprint density at radius 3 is 2.44 bits per heavy atom. The van der Waals surface area contributed by atoms with E-state index in [-0.39, 0.29) is 16.4 Å². The van der Waals surface area contributed by atoms with Crippen molar-refractivity contribution in [2.75, 3.05) is 5.32 Å². The molecule has 0 fully saturated rings. The van der Waals surface area contributed by atoms with Crippen molar-refractivity contribution in [1.29, 1.82) is 0 Å². The fourth-order valence-corrected chi connectivity index (χ4v) is 2.12. The Hall–Kier alpha value is -2.32. The van der Waals surface area contributed by atoms with Crippen LogP contribution >= 0.6 is 23.2 Å². The van der Waals surface area contributed by atoms with Crippen LogP contribution in [-0.2, 0) is 11.0 Å². The van der Waals surface area contributed by atoms with Crippen LogP contribution in [0.2, 0.25) is 10.0 Å². The van der Waals surface area contributed by atoms with E-state index in [2.05, 4.69) is 20.3 Å². The molecule has 2 aromatic rings. The lowest BCUT2D eigenvalue weighted by atomic mass is 10.2. The summed E-state index contributed by atoms with van der Waals surface area (Å²) in [6.07, 6.45) is -4.84. The van der Waals surface area contributed by atoms with E-state index in [1.807, 2.05) is 0 Å². The molecule has 0 aliphatic carbocycles. The summed E-state index contributed by atoms with van der Waals surface area (Å²) in [4.78, 5) is 19.9. The number of hydrogen-bond acceptors (Lipinski definition) is 4. The average Bonchev–Trinajstić information content (AvgIpc) is 2.54. The molecule has 10 heteroatoms. The SMILES string of the molecule is C/C(=N/OC(=O)Nc1ccc(Cl)cc1)c1ncc(C(F)(F)F)cc1Cl. The molecule has 0 bridgehead atoms. The summed E-state index contributed by atoms with van der Waals surface area (Å²) in [5.74, 6) is 0. The molecule has 0 spiro atoms. The van der Waals surface area contributed by atoms with Crippen molar-refractivity contribution >= 4 is 40.7 Å². The van der Waals surface area contributed by atoms with E-state index in [0.717, 1.165) is 6.07 Å². The molecule has 1 aromatic carbocycles. The standard InChI is InChI=1S/C15H10Cl2F3N3O2/c1-8(13-12(17)6-9(7-21-13)15(18,19)20)23-25-14(24)22-11-4-2-10(16)3-5-11/h2-7H,1H3,(H,22,24)/b23-8-. The fourth-order valence-electron chi connectivity index (χ4n) is 1.69. The highest BCUT2D eigenvalue weighted by atomic mass is 35.5. The normalized spacial score (nSPS) is 12.0. The van der Waals surface area contributed by atoms with Gasteiger partial charge in [-0.15, -0.1) is 0 Å². The van der Waals surface area contributed by atoms with Gasteiger partial charge in [-0.05, 0) is 37.3 Å². The zero-order valence-electron chi connectivity index (χ0n) is 12.6. The van der Waals surface area contributed by atoms with E-state index in [1.54, 1.807) is 24.3 Å². The molecule has 1 amide bonds. The Labute approximate surface area is 150 Å². The van der Waals surface area contributed by atoms with Crippen LogP contribution in [0.25, 0.3) is 0 Å². The minimum Gasteiger partial charge on any atom is -0.297 e. The molecule has 0 unspecified atom stereocenters. The van der Waals surface area contributed by atoms with Crippen LogP contribution in [0.4, 0.5) is 23.7 Å². The van der Waals surface area contributed by atoms with Crippen LogP contribution in [0.3, 0.4) is 0 Å². The van der Waals surface area contributed by atoms with Crippen LogP contribution in [0, 0.1) is 0 Å². The number of aromatic nitrogens is 1. The quantitative estimate of drug-likeness (QED) is 0.433. The average molecular weight is 392 g/mol. The Morgan fingerprint density at radius 1 is 1.24 bits per heavy atom. The van der Waals surface area contributed by atoms with Crippen LogP contribution < -0.4 is 5.32 Å². The van der Waals surface area contributed by atoms with E-state index >= 15 is 0 Å². The van der Waals surface area contributed by atoms with Crippen molar-refractivity contribution in [2.45, 2.75) is 13.1 Å². The van der Waals surface area contributed by atoms with Crippen LogP contribution in [0.1, 0.15) is 18.2 Å². The maximum atomic E-state index is 12.6. The van der Waals surface area contributed by atoms with E-state index in [1.165, 1.54) is 6.92 Å². The Bertz CT molecular complexity index is 809. The minimum atomic E-state index is -4.56. The highest BCUT2D eigenvalue weighted by Crippen LogP contribution is 2.31. The number of benzene rings is 1. The van der Waals surface area contributed by atoms with E-state index in [0.29, 0.717) is 16.9 Å². The summed E-state index contributed by atoms with van der Waals surface area (Å²) >= 11 is 11.5. The van der Waals surface area contributed by atoms with Gasteiger partial charge in [-0.1, -0.05) is 28.4 Å². The number of halogens is 5. The van der Waals surface area contributed by atoms with Gasteiger partial charge in [0.15, 0.2) is 0 Å². The van der Waals surface area contributed by atoms with E-state index in [4.69, 9.17) is 23.2 Å². The van der Waals surface area contributed by atoms with Gasteiger partial charge < -0.3 is 0 Å². The number of carbonyl (C=O) groups excluding carboxylic acids is 1. The van der Waals surface area contributed by atoms with Crippen LogP contribution in [0.5, 0.6) is 0 Å². The number of alkyl halides is 3. The number of carbonyl (C=O) groups is 1. The molecule has 25 heavy (non-hydrogen) atoms. The van der Waals surface area contributed by atoms with Crippen molar-refractivity contribution in [3.63, 3.8) is 0 Å². The second-order valence-electron chi connectivity index (χ2n) is 4.74. The summed E-state index contributed by atoms with van der Waals surface area (Å²) in [6, 6.07) is 6.95. The first-order valence-electron chi connectivity index (χ1n) is 6.68. The molecule has 0 atom stereocenters. The third-order valence-electron chi connectivity index (χ3n) is 2.87. The topological polar surface area (TPSA) is 63.6 Å². The second kappa shape index (κ2) is 7.71. The number of amides is 1. The molecule has 2 rings (SSSR count). The number of anilines is 1. The summed E-state index contributed by atoms with van der Waals surface area (Å²) < 4.78 is 37.7. The largest absolute Gasteiger partial charge is 0.437 e. The Balaban J connectivity index is 2.05. The Kier molecular flexibility index (Phi) is 5.86. The van der Waals surface area contributed by atoms with Gasteiger partial charge in [0.05, 0.1) is 10.6 Å². The van der Waals surface area contributed by atoms with Gasteiger partial charge in [-0.2, -0.15) is 13.2 Å². The predicted molar refractivity (Wildman–Crippen MR) is 88.0 cm³/mol. The van der Waals surface area contributed by atoms with Gasteiger partial charge in [0, 0.05) is 16.9 Å². The van der Waals surface area contributed by atoms with E-state index in [9.17, 15) is 18.0 Å². The molecule has 5 nitrogen and oxygen atoms in total. The number of rotatable bonds is 3. The molecular formula is C15H10Cl2F3N3O2. The van der Waals surface area contributed by atoms with Gasteiger partial charge in [-0.25, -0.2) is 4.79 Å². The van der Waals surface area contributed by atoms with Crippen molar-refractivity contribution in [3.05, 3.63) is 57.8 Å². The minimum absolute atomic E-state index is 0.0324. The smallest absolute Gasteiger partial charge is 0.297 e. The molecule has 0 saturated heterocycles. The molecule has 0 aliphatic heterocycles. The molecule has 0 saturated carbocycles. The highest BCUT2D eigenvalue weighted by Gasteiger charge is 2.31. The van der Waals surface area contributed by atoms with Gasteiger partial charge in [0.25, 0.3) is 0 Å². The van der Waals surface area contributed by atoms with Crippen molar-refractivity contribution < 1.29 is 22.8 Å².